The molecule has 8 heteroatoms. The van der Waals surface area contributed by atoms with Crippen LogP contribution in [0, 0.1) is 0 Å². The maximum Gasteiger partial charge on any atom is 0.243 e. The SMILES string of the molecule is COc1ccc(CC(=O)N(C)CC(=O)Nc2ccc(Cl)c(Cl)c2)c(OC)c1. The number of likely N-dealkylation sites (N-methyl/N-ethyl adjacent to an activating group) is 1. The third kappa shape index (κ3) is 5.77. The van der Waals surface area contributed by atoms with Crippen molar-refractivity contribution in [3.8, 4) is 11.5 Å². The Balaban J connectivity index is 1.96. The van der Waals surface area contributed by atoms with E-state index in [0.717, 1.165) is 0 Å². The van der Waals surface area contributed by atoms with E-state index in [1.807, 2.05) is 0 Å². The van der Waals surface area contributed by atoms with Crippen LogP contribution in [0.2, 0.25) is 10.0 Å². The lowest BCUT2D eigenvalue weighted by atomic mass is 10.1. The summed E-state index contributed by atoms with van der Waals surface area (Å²) in [6.45, 7) is -0.0997. The zero-order valence-corrected chi connectivity index (χ0v) is 16.7. The summed E-state index contributed by atoms with van der Waals surface area (Å²) in [6.07, 6.45) is 0.101. The minimum absolute atomic E-state index is 0.0997. The van der Waals surface area contributed by atoms with Crippen LogP contribution in [0.1, 0.15) is 5.56 Å². The van der Waals surface area contributed by atoms with Gasteiger partial charge in [0.1, 0.15) is 11.5 Å². The molecule has 2 amide bonds. The van der Waals surface area contributed by atoms with E-state index < -0.39 is 0 Å². The average Bonchev–Trinajstić information content (AvgIpc) is 2.64. The molecule has 27 heavy (non-hydrogen) atoms. The van der Waals surface area contributed by atoms with Crippen molar-refractivity contribution in [3.05, 3.63) is 52.0 Å². The Morgan fingerprint density at radius 3 is 2.41 bits per heavy atom. The summed E-state index contributed by atoms with van der Waals surface area (Å²) in [5.41, 5.74) is 1.21. The fraction of sp³-hybridized carbons (Fsp3) is 0.263. The highest BCUT2D eigenvalue weighted by atomic mass is 35.5. The maximum atomic E-state index is 12.4. The number of carbonyl (C=O) groups is 2. The Kier molecular flexibility index (Phi) is 7.33. The molecule has 0 heterocycles. The normalized spacial score (nSPS) is 10.3. The summed E-state index contributed by atoms with van der Waals surface area (Å²) >= 11 is 11.8. The van der Waals surface area contributed by atoms with E-state index in [2.05, 4.69) is 5.32 Å². The fourth-order valence-corrected chi connectivity index (χ4v) is 2.67. The van der Waals surface area contributed by atoms with Crippen LogP contribution in [0.4, 0.5) is 5.69 Å². The van der Waals surface area contributed by atoms with Gasteiger partial charge >= 0.3 is 0 Å². The number of nitrogens with one attached hydrogen (secondary N) is 1. The molecule has 0 spiro atoms. The predicted molar refractivity (Wildman–Crippen MR) is 106 cm³/mol. The van der Waals surface area contributed by atoms with E-state index in [9.17, 15) is 9.59 Å². The highest BCUT2D eigenvalue weighted by Crippen LogP contribution is 2.26. The van der Waals surface area contributed by atoms with Gasteiger partial charge in [-0.3, -0.25) is 9.59 Å². The molecule has 2 aromatic carbocycles. The van der Waals surface area contributed by atoms with E-state index in [0.29, 0.717) is 32.8 Å². The highest BCUT2D eigenvalue weighted by Gasteiger charge is 2.16. The number of methoxy groups -OCH3 is 2. The van der Waals surface area contributed by atoms with Crippen molar-refractivity contribution < 1.29 is 19.1 Å². The second kappa shape index (κ2) is 9.48. The molecule has 0 bridgehead atoms. The van der Waals surface area contributed by atoms with Gasteiger partial charge in [0.2, 0.25) is 11.8 Å². The van der Waals surface area contributed by atoms with Gasteiger partial charge in [-0.1, -0.05) is 29.3 Å². The molecule has 0 aromatic heterocycles. The Morgan fingerprint density at radius 2 is 1.78 bits per heavy atom. The maximum absolute atomic E-state index is 12.4. The third-order valence-electron chi connectivity index (χ3n) is 3.85. The number of ether oxygens (including phenoxy) is 2. The number of halogens is 2. The first kappa shape index (κ1) is 20.9. The van der Waals surface area contributed by atoms with Crippen molar-refractivity contribution in [2.45, 2.75) is 6.42 Å². The molecule has 0 aliphatic rings. The van der Waals surface area contributed by atoms with Gasteiger partial charge in [0, 0.05) is 24.4 Å². The van der Waals surface area contributed by atoms with Crippen molar-refractivity contribution >= 4 is 40.7 Å². The highest BCUT2D eigenvalue weighted by molar-refractivity contribution is 6.42. The molecule has 0 fully saturated rings. The van der Waals surface area contributed by atoms with Gasteiger partial charge in [0.05, 0.1) is 37.2 Å². The smallest absolute Gasteiger partial charge is 0.243 e. The summed E-state index contributed by atoms with van der Waals surface area (Å²) in [7, 11) is 4.64. The van der Waals surface area contributed by atoms with Crippen LogP contribution < -0.4 is 14.8 Å². The third-order valence-corrected chi connectivity index (χ3v) is 4.58. The van der Waals surface area contributed by atoms with Gasteiger partial charge in [-0.25, -0.2) is 0 Å². The van der Waals surface area contributed by atoms with Crippen LogP contribution in [-0.4, -0.2) is 44.5 Å². The van der Waals surface area contributed by atoms with Crippen LogP contribution >= 0.6 is 23.2 Å². The predicted octanol–water partition coefficient (Wildman–Crippen LogP) is 3.65. The number of hydrogen-bond acceptors (Lipinski definition) is 4. The number of carbonyl (C=O) groups excluding carboxylic acids is 2. The number of hydrogen-bond donors (Lipinski definition) is 1. The quantitative estimate of drug-likeness (QED) is 0.756. The van der Waals surface area contributed by atoms with Crippen molar-refractivity contribution in [1.82, 2.24) is 4.90 Å². The molecule has 1 N–H and O–H groups in total. The molecular weight excluding hydrogens is 391 g/mol. The number of nitrogens with zero attached hydrogens (tertiary/aromatic N) is 1. The summed E-state index contributed by atoms with van der Waals surface area (Å²) in [4.78, 5) is 25.9. The minimum atomic E-state index is -0.342. The lowest BCUT2D eigenvalue weighted by Gasteiger charge is -2.18. The Hall–Kier alpha value is -2.44. The molecular formula is C19H20Cl2N2O4. The molecule has 0 aliphatic carbocycles. The van der Waals surface area contributed by atoms with Gasteiger partial charge in [-0.2, -0.15) is 0 Å². The van der Waals surface area contributed by atoms with Crippen LogP contribution in [0.15, 0.2) is 36.4 Å². The van der Waals surface area contributed by atoms with Crippen molar-refractivity contribution in [1.29, 1.82) is 0 Å². The molecule has 0 radical (unpaired) electrons. The lowest BCUT2D eigenvalue weighted by molar-refractivity contribution is -0.132. The topological polar surface area (TPSA) is 67.9 Å². The summed E-state index contributed by atoms with van der Waals surface area (Å²) < 4.78 is 10.4. The first-order valence-corrected chi connectivity index (χ1v) is 8.79. The number of benzene rings is 2. The van der Waals surface area contributed by atoms with Crippen molar-refractivity contribution in [2.24, 2.45) is 0 Å². The average molecular weight is 411 g/mol. The lowest BCUT2D eigenvalue weighted by Crippen LogP contribution is -2.35. The van der Waals surface area contributed by atoms with E-state index in [4.69, 9.17) is 32.7 Å². The van der Waals surface area contributed by atoms with Crippen LogP contribution in [0.25, 0.3) is 0 Å². The van der Waals surface area contributed by atoms with Gasteiger partial charge in [-0.15, -0.1) is 0 Å². The van der Waals surface area contributed by atoms with E-state index in [-0.39, 0.29) is 24.8 Å². The van der Waals surface area contributed by atoms with Crippen molar-refractivity contribution in [3.63, 3.8) is 0 Å². The molecule has 6 nitrogen and oxygen atoms in total. The summed E-state index contributed by atoms with van der Waals surface area (Å²) in [5, 5.41) is 3.42. The van der Waals surface area contributed by atoms with Crippen LogP contribution in [0.5, 0.6) is 11.5 Å². The van der Waals surface area contributed by atoms with Gasteiger partial charge < -0.3 is 19.7 Å². The number of amides is 2. The van der Waals surface area contributed by atoms with E-state index in [1.54, 1.807) is 50.6 Å². The monoisotopic (exact) mass is 410 g/mol. The minimum Gasteiger partial charge on any atom is -0.497 e. The number of anilines is 1. The molecule has 0 unspecified atom stereocenters. The molecule has 0 saturated carbocycles. The Morgan fingerprint density at radius 1 is 1.04 bits per heavy atom. The van der Waals surface area contributed by atoms with E-state index >= 15 is 0 Å². The largest absolute Gasteiger partial charge is 0.497 e. The van der Waals surface area contributed by atoms with Crippen LogP contribution in [-0.2, 0) is 16.0 Å². The van der Waals surface area contributed by atoms with Crippen molar-refractivity contribution in [2.75, 3.05) is 33.1 Å². The number of rotatable bonds is 7. The fourth-order valence-electron chi connectivity index (χ4n) is 2.37. The zero-order chi connectivity index (χ0) is 20.0. The zero-order valence-electron chi connectivity index (χ0n) is 15.2. The van der Waals surface area contributed by atoms with Gasteiger partial charge in [0.15, 0.2) is 0 Å². The molecule has 0 atom stereocenters. The van der Waals surface area contributed by atoms with E-state index in [1.165, 1.54) is 12.0 Å². The Bertz CT molecular complexity index is 842. The molecule has 0 saturated heterocycles. The standard InChI is InChI=1S/C19H20Cl2N2O4/c1-23(11-18(24)22-13-5-7-15(20)16(21)9-13)19(25)8-12-4-6-14(26-2)10-17(12)27-3/h4-7,9-10H,8,11H2,1-3H3,(H,22,24). The molecule has 2 rings (SSSR count). The van der Waals surface area contributed by atoms with Gasteiger partial charge in [0.25, 0.3) is 0 Å². The summed E-state index contributed by atoms with van der Waals surface area (Å²) in [6, 6.07) is 9.99. The molecule has 0 aliphatic heterocycles. The second-order valence-electron chi connectivity index (χ2n) is 5.78. The first-order valence-electron chi connectivity index (χ1n) is 8.03. The Labute approximate surface area is 168 Å². The second-order valence-corrected chi connectivity index (χ2v) is 6.60. The van der Waals surface area contributed by atoms with Crippen LogP contribution in [0.3, 0.4) is 0 Å². The first-order chi connectivity index (χ1) is 12.8. The summed E-state index contributed by atoms with van der Waals surface area (Å²) in [5.74, 6) is 0.627. The molecule has 2 aromatic rings. The molecule has 144 valence electrons. The van der Waals surface area contributed by atoms with Gasteiger partial charge in [-0.05, 0) is 24.3 Å².